The van der Waals surface area contributed by atoms with Gasteiger partial charge in [0.15, 0.2) is 0 Å². The van der Waals surface area contributed by atoms with Crippen molar-refractivity contribution in [2.45, 2.75) is 26.5 Å². The number of benzene rings is 2. The lowest BCUT2D eigenvalue weighted by atomic mass is 10.0. The molecule has 2 N–H and O–H groups in total. The van der Waals surface area contributed by atoms with Crippen LogP contribution in [-0.4, -0.2) is 13.7 Å². The molecule has 112 valence electrons. The van der Waals surface area contributed by atoms with Gasteiger partial charge in [0.2, 0.25) is 0 Å². The molecular formula is C18H23NO2. The molecule has 3 nitrogen and oxygen atoms in total. The van der Waals surface area contributed by atoms with E-state index in [-0.39, 0.29) is 6.04 Å². The van der Waals surface area contributed by atoms with Crippen molar-refractivity contribution in [1.82, 2.24) is 0 Å². The van der Waals surface area contributed by atoms with Crippen molar-refractivity contribution < 1.29 is 9.47 Å². The lowest BCUT2D eigenvalue weighted by Crippen LogP contribution is -2.19. The maximum atomic E-state index is 6.21. The summed E-state index contributed by atoms with van der Waals surface area (Å²) in [6.07, 6.45) is 0. The molecule has 0 spiro atoms. The molecule has 0 saturated carbocycles. The molecular weight excluding hydrogens is 262 g/mol. The minimum Gasteiger partial charge on any atom is -0.492 e. The Bertz CT molecular complexity index is 596. The fourth-order valence-electron chi connectivity index (χ4n) is 2.17. The van der Waals surface area contributed by atoms with E-state index in [9.17, 15) is 0 Å². The highest BCUT2D eigenvalue weighted by molar-refractivity contribution is 5.32. The second-order valence-corrected chi connectivity index (χ2v) is 5.34. The van der Waals surface area contributed by atoms with E-state index >= 15 is 0 Å². The topological polar surface area (TPSA) is 44.5 Å². The summed E-state index contributed by atoms with van der Waals surface area (Å²) in [6, 6.07) is 14.1. The summed E-state index contributed by atoms with van der Waals surface area (Å²) in [5.74, 6) is 0.823. The standard InChI is InChI=1S/C18H23NO2/c1-13-7-8-16(9-14(13)2)18(19)12-21-17-6-4-5-15(10-17)11-20-3/h4-10,18H,11-12,19H2,1-3H3. The first kappa shape index (κ1) is 15.5. The van der Waals surface area contributed by atoms with Crippen molar-refractivity contribution in [2.24, 2.45) is 5.73 Å². The molecule has 0 saturated heterocycles. The highest BCUT2D eigenvalue weighted by Gasteiger charge is 2.08. The Morgan fingerprint density at radius 2 is 1.86 bits per heavy atom. The molecule has 0 heterocycles. The molecule has 2 aromatic rings. The van der Waals surface area contributed by atoms with E-state index < -0.39 is 0 Å². The summed E-state index contributed by atoms with van der Waals surface area (Å²) >= 11 is 0. The maximum absolute atomic E-state index is 6.21. The Balaban J connectivity index is 1.98. The fourth-order valence-corrected chi connectivity index (χ4v) is 2.17. The van der Waals surface area contributed by atoms with Crippen molar-refractivity contribution in [3.63, 3.8) is 0 Å². The smallest absolute Gasteiger partial charge is 0.119 e. The van der Waals surface area contributed by atoms with Gasteiger partial charge in [-0.2, -0.15) is 0 Å². The Labute approximate surface area is 126 Å². The zero-order chi connectivity index (χ0) is 15.2. The van der Waals surface area contributed by atoms with Gasteiger partial charge in [0.1, 0.15) is 12.4 Å². The van der Waals surface area contributed by atoms with Crippen molar-refractivity contribution in [3.8, 4) is 5.75 Å². The number of aryl methyl sites for hydroxylation is 2. The summed E-state index contributed by atoms with van der Waals surface area (Å²) < 4.78 is 10.9. The predicted molar refractivity (Wildman–Crippen MR) is 85.5 cm³/mol. The van der Waals surface area contributed by atoms with Gasteiger partial charge >= 0.3 is 0 Å². The SMILES string of the molecule is COCc1cccc(OCC(N)c2ccc(C)c(C)c2)c1. The predicted octanol–water partition coefficient (Wildman–Crippen LogP) is 3.53. The molecule has 0 fully saturated rings. The first-order valence-corrected chi connectivity index (χ1v) is 7.13. The molecule has 0 aromatic heterocycles. The van der Waals surface area contributed by atoms with E-state index in [4.69, 9.17) is 15.2 Å². The largest absolute Gasteiger partial charge is 0.492 e. The lowest BCUT2D eigenvalue weighted by Gasteiger charge is -2.15. The van der Waals surface area contributed by atoms with E-state index in [0.717, 1.165) is 16.9 Å². The normalized spacial score (nSPS) is 12.2. The van der Waals surface area contributed by atoms with Gasteiger partial charge in [-0.25, -0.2) is 0 Å². The van der Waals surface area contributed by atoms with Crippen LogP contribution in [0.5, 0.6) is 5.75 Å². The molecule has 1 unspecified atom stereocenters. The van der Waals surface area contributed by atoms with Gasteiger partial charge in [0.25, 0.3) is 0 Å². The van der Waals surface area contributed by atoms with E-state index in [0.29, 0.717) is 13.2 Å². The Kier molecular flexibility index (Phi) is 5.37. The Morgan fingerprint density at radius 3 is 2.57 bits per heavy atom. The molecule has 0 aliphatic rings. The molecule has 2 rings (SSSR count). The summed E-state index contributed by atoms with van der Waals surface area (Å²) in [6.45, 7) is 5.24. The molecule has 3 heteroatoms. The Morgan fingerprint density at radius 1 is 1.05 bits per heavy atom. The van der Waals surface area contributed by atoms with Gasteiger partial charge in [-0.1, -0.05) is 30.3 Å². The number of ether oxygens (including phenoxy) is 2. The third-order valence-electron chi connectivity index (χ3n) is 3.60. The second kappa shape index (κ2) is 7.25. The quantitative estimate of drug-likeness (QED) is 0.883. The fraction of sp³-hybridized carbons (Fsp3) is 0.333. The molecule has 0 radical (unpaired) electrons. The first-order chi connectivity index (χ1) is 10.1. The average Bonchev–Trinajstić information content (AvgIpc) is 2.48. The summed E-state index contributed by atoms with van der Waals surface area (Å²) in [7, 11) is 1.68. The molecule has 1 atom stereocenters. The number of hydrogen-bond acceptors (Lipinski definition) is 3. The second-order valence-electron chi connectivity index (χ2n) is 5.34. The summed E-state index contributed by atoms with van der Waals surface area (Å²) in [5.41, 5.74) is 10.9. The van der Waals surface area contributed by atoms with Gasteiger partial charge in [-0.3, -0.25) is 0 Å². The van der Waals surface area contributed by atoms with Crippen LogP contribution in [-0.2, 0) is 11.3 Å². The van der Waals surface area contributed by atoms with Gasteiger partial charge in [-0.15, -0.1) is 0 Å². The molecule has 2 aromatic carbocycles. The Hall–Kier alpha value is -1.84. The average molecular weight is 285 g/mol. The molecule has 0 bridgehead atoms. The number of nitrogens with two attached hydrogens (primary N) is 1. The van der Waals surface area contributed by atoms with E-state index in [1.54, 1.807) is 7.11 Å². The number of hydrogen-bond donors (Lipinski definition) is 1. The third-order valence-corrected chi connectivity index (χ3v) is 3.60. The van der Waals surface area contributed by atoms with Crippen LogP contribution in [0.2, 0.25) is 0 Å². The minimum absolute atomic E-state index is 0.129. The zero-order valence-electron chi connectivity index (χ0n) is 12.9. The minimum atomic E-state index is -0.129. The van der Waals surface area contributed by atoms with Crippen LogP contribution < -0.4 is 10.5 Å². The zero-order valence-corrected chi connectivity index (χ0v) is 12.9. The van der Waals surface area contributed by atoms with Crippen LogP contribution in [0.4, 0.5) is 0 Å². The van der Waals surface area contributed by atoms with Crippen LogP contribution in [0, 0.1) is 13.8 Å². The molecule has 21 heavy (non-hydrogen) atoms. The summed E-state index contributed by atoms with van der Waals surface area (Å²) in [4.78, 5) is 0. The summed E-state index contributed by atoms with van der Waals surface area (Å²) in [5, 5.41) is 0. The number of rotatable bonds is 6. The van der Waals surface area contributed by atoms with Crippen LogP contribution in [0.3, 0.4) is 0 Å². The van der Waals surface area contributed by atoms with Gasteiger partial charge in [0.05, 0.1) is 12.6 Å². The van der Waals surface area contributed by atoms with Crippen LogP contribution in [0.25, 0.3) is 0 Å². The van der Waals surface area contributed by atoms with Crippen molar-refractivity contribution in [3.05, 3.63) is 64.7 Å². The van der Waals surface area contributed by atoms with Gasteiger partial charge < -0.3 is 15.2 Å². The van der Waals surface area contributed by atoms with Crippen LogP contribution in [0.1, 0.15) is 28.3 Å². The van der Waals surface area contributed by atoms with Crippen LogP contribution in [0.15, 0.2) is 42.5 Å². The first-order valence-electron chi connectivity index (χ1n) is 7.13. The van der Waals surface area contributed by atoms with Gasteiger partial charge in [-0.05, 0) is 48.2 Å². The van der Waals surface area contributed by atoms with E-state index in [2.05, 4.69) is 32.0 Å². The lowest BCUT2D eigenvalue weighted by molar-refractivity contribution is 0.184. The monoisotopic (exact) mass is 285 g/mol. The van der Waals surface area contributed by atoms with Crippen molar-refractivity contribution >= 4 is 0 Å². The van der Waals surface area contributed by atoms with Crippen molar-refractivity contribution in [1.29, 1.82) is 0 Å². The van der Waals surface area contributed by atoms with Gasteiger partial charge in [0, 0.05) is 7.11 Å². The molecule has 0 aliphatic carbocycles. The van der Waals surface area contributed by atoms with E-state index in [1.807, 2.05) is 24.3 Å². The third kappa shape index (κ3) is 4.31. The highest BCUT2D eigenvalue weighted by Crippen LogP contribution is 2.18. The maximum Gasteiger partial charge on any atom is 0.119 e. The van der Waals surface area contributed by atoms with E-state index in [1.165, 1.54) is 11.1 Å². The van der Waals surface area contributed by atoms with Crippen molar-refractivity contribution in [2.75, 3.05) is 13.7 Å². The molecule has 0 aliphatic heterocycles. The number of methoxy groups -OCH3 is 1. The van der Waals surface area contributed by atoms with Crippen LogP contribution >= 0.6 is 0 Å². The highest BCUT2D eigenvalue weighted by atomic mass is 16.5. The molecule has 0 amide bonds.